The van der Waals surface area contributed by atoms with E-state index in [9.17, 15) is 26.8 Å². The predicted octanol–water partition coefficient (Wildman–Crippen LogP) is 3.75. The zero-order valence-electron chi connectivity index (χ0n) is 26.8. The fourth-order valence-corrected chi connectivity index (χ4v) is 7.69. The van der Waals surface area contributed by atoms with Gasteiger partial charge in [0.2, 0.25) is 15.9 Å². The molecule has 0 saturated carbocycles. The standard InChI is InChI=1S/C33H36F2N8O4S/c1-33(2)20-43(48(46,47)25-16-22(34)15-23(35)17-25)19-27-30(33)39-40-31(27)38-32(45)26-5-4-24(42-12-10-41(3)11-13-42)18-28(26)37-29(44)14-21-6-8-36-9-7-21/h4-9,15-18H,10-14,19-20H2,1-3H3,(H,37,44)(H2,38,39,40,45). The van der Waals surface area contributed by atoms with Crippen LogP contribution >= 0.6 is 0 Å². The van der Waals surface area contributed by atoms with Gasteiger partial charge in [-0.05, 0) is 55.1 Å². The number of carbonyl (C=O) groups is 2. The summed E-state index contributed by atoms with van der Waals surface area (Å²) < 4.78 is 56.2. The lowest BCUT2D eigenvalue weighted by Crippen LogP contribution is -2.45. The number of aromatic nitrogens is 3. The van der Waals surface area contributed by atoms with Gasteiger partial charge in [-0.15, -0.1) is 0 Å². The molecule has 2 aromatic carbocycles. The van der Waals surface area contributed by atoms with E-state index in [0.29, 0.717) is 23.0 Å². The number of halogens is 2. The van der Waals surface area contributed by atoms with Gasteiger partial charge in [0, 0.05) is 80.1 Å². The fraction of sp³-hybridized carbons (Fsp3) is 0.333. The van der Waals surface area contributed by atoms with Gasteiger partial charge in [0.15, 0.2) is 5.82 Å². The summed E-state index contributed by atoms with van der Waals surface area (Å²) in [5.41, 5.74) is 2.34. The molecule has 0 atom stereocenters. The van der Waals surface area contributed by atoms with Crippen molar-refractivity contribution in [3.63, 3.8) is 0 Å². The molecule has 0 unspecified atom stereocenters. The average molecular weight is 679 g/mol. The summed E-state index contributed by atoms with van der Waals surface area (Å²) in [5, 5.41) is 13.0. The van der Waals surface area contributed by atoms with Crippen LogP contribution in [0.3, 0.4) is 0 Å². The van der Waals surface area contributed by atoms with Crippen molar-refractivity contribution in [2.75, 3.05) is 55.3 Å². The first kappa shape index (κ1) is 33.2. The van der Waals surface area contributed by atoms with Crippen molar-refractivity contribution in [2.24, 2.45) is 0 Å². The number of aromatic amines is 1. The molecule has 252 valence electrons. The van der Waals surface area contributed by atoms with Crippen molar-refractivity contribution < 1.29 is 26.8 Å². The number of amides is 2. The van der Waals surface area contributed by atoms with Gasteiger partial charge in [-0.2, -0.15) is 9.40 Å². The predicted molar refractivity (Wildman–Crippen MR) is 176 cm³/mol. The number of H-pyrrole nitrogens is 1. The third-order valence-electron chi connectivity index (χ3n) is 8.66. The molecule has 2 aliphatic heterocycles. The van der Waals surface area contributed by atoms with Crippen LogP contribution in [0.5, 0.6) is 0 Å². The Morgan fingerprint density at radius 2 is 1.65 bits per heavy atom. The normalized spacial score (nSPS) is 16.7. The zero-order valence-corrected chi connectivity index (χ0v) is 27.6. The molecule has 3 N–H and O–H groups in total. The number of benzene rings is 2. The van der Waals surface area contributed by atoms with Crippen LogP contribution in [0.4, 0.5) is 26.0 Å². The number of rotatable bonds is 8. The second-order valence-corrected chi connectivity index (χ2v) is 14.7. The lowest BCUT2D eigenvalue weighted by molar-refractivity contribution is -0.115. The number of nitrogens with one attached hydrogen (secondary N) is 3. The summed E-state index contributed by atoms with van der Waals surface area (Å²) in [5.74, 6) is -2.81. The number of carbonyl (C=O) groups excluding carboxylic acids is 2. The second-order valence-electron chi connectivity index (χ2n) is 12.7. The van der Waals surface area contributed by atoms with Gasteiger partial charge in [0.1, 0.15) is 11.6 Å². The van der Waals surface area contributed by atoms with Gasteiger partial charge in [0.05, 0.1) is 22.6 Å². The van der Waals surface area contributed by atoms with E-state index in [-0.39, 0.29) is 36.8 Å². The molecule has 4 aromatic rings. The molecular weight excluding hydrogens is 642 g/mol. The molecule has 2 aliphatic rings. The molecule has 0 radical (unpaired) electrons. The van der Waals surface area contributed by atoms with Gasteiger partial charge >= 0.3 is 0 Å². The lowest BCUT2D eigenvalue weighted by atomic mass is 9.84. The Morgan fingerprint density at radius 3 is 2.33 bits per heavy atom. The van der Waals surface area contributed by atoms with Gasteiger partial charge in [-0.25, -0.2) is 17.2 Å². The molecule has 1 fully saturated rings. The first-order valence-electron chi connectivity index (χ1n) is 15.4. The van der Waals surface area contributed by atoms with Crippen LogP contribution in [-0.2, 0) is 33.2 Å². The Kier molecular flexibility index (Phi) is 9.02. The quantitative estimate of drug-likeness (QED) is 0.256. The summed E-state index contributed by atoms with van der Waals surface area (Å²) >= 11 is 0. The molecule has 12 nitrogen and oxygen atoms in total. The number of piperazine rings is 1. The fourth-order valence-electron chi connectivity index (χ4n) is 6.08. The molecule has 2 amide bonds. The molecule has 15 heteroatoms. The number of pyridine rings is 1. The highest BCUT2D eigenvalue weighted by atomic mass is 32.2. The smallest absolute Gasteiger partial charge is 0.258 e. The number of anilines is 3. The van der Waals surface area contributed by atoms with Crippen molar-refractivity contribution in [3.05, 3.63) is 94.9 Å². The van der Waals surface area contributed by atoms with E-state index in [1.807, 2.05) is 6.07 Å². The Balaban J connectivity index is 1.29. The molecule has 0 bridgehead atoms. The number of likely N-dealkylation sites (N-methyl/N-ethyl adjacent to an activating group) is 1. The Hall–Kier alpha value is -4.73. The van der Waals surface area contributed by atoms with Crippen LogP contribution in [0.15, 0.2) is 65.8 Å². The average Bonchev–Trinajstić information content (AvgIpc) is 3.44. The Labute approximate surface area is 277 Å². The minimum absolute atomic E-state index is 0.00252. The molecule has 1 saturated heterocycles. The number of nitrogens with zero attached hydrogens (tertiary/aromatic N) is 5. The summed E-state index contributed by atoms with van der Waals surface area (Å²) in [4.78, 5) is 34.9. The second kappa shape index (κ2) is 13.1. The zero-order chi connectivity index (χ0) is 34.2. The van der Waals surface area contributed by atoms with E-state index in [1.165, 1.54) is 0 Å². The van der Waals surface area contributed by atoms with Crippen LogP contribution in [0.25, 0.3) is 0 Å². The molecule has 0 spiro atoms. The first-order chi connectivity index (χ1) is 22.8. The van der Waals surface area contributed by atoms with E-state index in [4.69, 9.17) is 0 Å². The maximum absolute atomic E-state index is 14.0. The van der Waals surface area contributed by atoms with E-state index < -0.39 is 37.9 Å². The Morgan fingerprint density at radius 1 is 0.958 bits per heavy atom. The van der Waals surface area contributed by atoms with Crippen molar-refractivity contribution in [2.45, 2.75) is 37.1 Å². The van der Waals surface area contributed by atoms with Crippen molar-refractivity contribution in [3.8, 4) is 0 Å². The molecule has 6 rings (SSSR count). The molecule has 0 aliphatic carbocycles. The number of hydrogen-bond donors (Lipinski definition) is 3. The first-order valence-corrected chi connectivity index (χ1v) is 16.9. The van der Waals surface area contributed by atoms with Crippen LogP contribution in [0, 0.1) is 11.6 Å². The summed E-state index contributed by atoms with van der Waals surface area (Å²) in [6, 6.07) is 10.9. The van der Waals surface area contributed by atoms with Crippen molar-refractivity contribution in [1.29, 1.82) is 0 Å². The molecular formula is C33H36F2N8O4S. The van der Waals surface area contributed by atoms with Crippen LogP contribution < -0.4 is 15.5 Å². The van der Waals surface area contributed by atoms with E-state index in [0.717, 1.165) is 53.9 Å². The Bertz CT molecular complexity index is 1940. The maximum Gasteiger partial charge on any atom is 0.258 e. The summed E-state index contributed by atoms with van der Waals surface area (Å²) in [7, 11) is -2.27. The maximum atomic E-state index is 14.0. The minimum Gasteiger partial charge on any atom is -0.369 e. The molecule has 48 heavy (non-hydrogen) atoms. The number of sulfonamides is 1. The summed E-state index contributed by atoms with van der Waals surface area (Å²) in [6.07, 6.45) is 3.28. The van der Waals surface area contributed by atoms with E-state index in [1.54, 1.807) is 50.5 Å². The van der Waals surface area contributed by atoms with Gasteiger partial charge < -0.3 is 20.4 Å². The lowest BCUT2D eigenvalue weighted by Gasteiger charge is -2.36. The highest BCUT2D eigenvalue weighted by Gasteiger charge is 2.41. The molecule has 4 heterocycles. The third-order valence-corrected chi connectivity index (χ3v) is 10.4. The highest BCUT2D eigenvalue weighted by Crippen LogP contribution is 2.38. The minimum atomic E-state index is -4.32. The van der Waals surface area contributed by atoms with Crippen molar-refractivity contribution >= 4 is 39.0 Å². The SMILES string of the molecule is CN1CCN(c2ccc(C(=O)Nc3n[nH]c4c3CN(S(=O)(=O)c3cc(F)cc(F)c3)CC4(C)C)c(NC(=O)Cc3ccncc3)c2)CC1. The largest absolute Gasteiger partial charge is 0.369 e. The summed E-state index contributed by atoms with van der Waals surface area (Å²) in [6.45, 7) is 6.70. The molecule has 2 aromatic heterocycles. The van der Waals surface area contributed by atoms with Crippen molar-refractivity contribution in [1.82, 2.24) is 24.4 Å². The van der Waals surface area contributed by atoms with Crippen LogP contribution in [0.2, 0.25) is 0 Å². The van der Waals surface area contributed by atoms with E-state index in [2.05, 4.69) is 42.7 Å². The van der Waals surface area contributed by atoms with E-state index >= 15 is 0 Å². The van der Waals surface area contributed by atoms with Gasteiger partial charge in [-0.1, -0.05) is 13.8 Å². The monoisotopic (exact) mass is 678 g/mol. The third kappa shape index (κ3) is 6.93. The van der Waals surface area contributed by atoms with Gasteiger partial charge in [0.25, 0.3) is 5.91 Å². The highest BCUT2D eigenvalue weighted by molar-refractivity contribution is 7.89. The number of hydrogen-bond acceptors (Lipinski definition) is 8. The van der Waals surface area contributed by atoms with Crippen LogP contribution in [0.1, 0.15) is 41.0 Å². The topological polar surface area (TPSA) is 144 Å². The van der Waals surface area contributed by atoms with Gasteiger partial charge in [-0.3, -0.25) is 19.7 Å². The van der Waals surface area contributed by atoms with Crippen LogP contribution in [-0.4, -0.2) is 84.4 Å². The number of fused-ring (bicyclic) bond motifs is 1.